The number of aryl methyl sites for hydroxylation is 1. The van der Waals surface area contributed by atoms with Crippen LogP contribution in [0.2, 0.25) is 0 Å². The quantitative estimate of drug-likeness (QED) is 0.0838. The highest BCUT2D eigenvalue weighted by Crippen LogP contribution is 2.59. The molecule has 3 aliphatic rings. The number of hydrogen-bond acceptors (Lipinski definition) is 9. The second-order valence-corrected chi connectivity index (χ2v) is 21.2. The van der Waals surface area contributed by atoms with Gasteiger partial charge in [0.05, 0.1) is 6.42 Å². The normalized spacial score (nSPS) is 19.8. The van der Waals surface area contributed by atoms with E-state index in [0.717, 1.165) is 13.0 Å². The fourth-order valence-electron chi connectivity index (χ4n) is 12.5. The van der Waals surface area contributed by atoms with Gasteiger partial charge in [0.1, 0.15) is 46.8 Å². The molecule has 9 aromatic rings. The summed E-state index contributed by atoms with van der Waals surface area (Å²) in [5, 5.41) is 55.2. The van der Waals surface area contributed by atoms with Crippen molar-refractivity contribution >= 4 is 0 Å². The maximum absolute atomic E-state index is 13.8. The van der Waals surface area contributed by atoms with Crippen LogP contribution >= 0.6 is 0 Å². The van der Waals surface area contributed by atoms with E-state index >= 15 is 0 Å². The van der Waals surface area contributed by atoms with Gasteiger partial charge in [-0.1, -0.05) is 256 Å². The Bertz CT molecular complexity index is 2910. The van der Waals surface area contributed by atoms with Gasteiger partial charge < -0.3 is 43.9 Å². The highest BCUT2D eigenvalue weighted by molar-refractivity contribution is 5.46. The fraction of sp³-hybridized carbons (Fsp3) is 0.243. The van der Waals surface area contributed by atoms with Crippen LogP contribution in [0.25, 0.3) is 0 Å². The van der Waals surface area contributed by atoms with Crippen molar-refractivity contribution in [2.24, 2.45) is 0 Å². The van der Waals surface area contributed by atoms with Gasteiger partial charge in [0.25, 0.3) is 0 Å². The minimum atomic E-state index is -1.89. The Labute approximate surface area is 467 Å². The van der Waals surface area contributed by atoms with E-state index in [4.69, 9.17) is 18.9 Å². The SMILES string of the molecule is CCCn1ccccc1=O.OC(c1ccccc1)(c1ccccc1)[C@@H]1OC2(CCCC3(C2)O[C@@H](C(O)(c2ccccc2)c2ccccc2)[C@H](C(O)(c2ccccc2)c2ccccc2)O3)O[C@H]1C(O)(c1ccccc1)c1ccccc1. The van der Waals surface area contributed by atoms with E-state index in [1.54, 1.807) is 16.7 Å². The zero-order valence-corrected chi connectivity index (χ0v) is 44.7. The molecule has 8 aromatic carbocycles. The average Bonchev–Trinajstić information content (AvgIpc) is 4.27. The Morgan fingerprint density at radius 3 is 0.812 bits per heavy atom. The Balaban J connectivity index is 0.000000611. The molecule has 1 saturated carbocycles. The Morgan fingerprint density at radius 1 is 0.375 bits per heavy atom. The van der Waals surface area contributed by atoms with Crippen LogP contribution in [-0.4, -0.2) is 61.0 Å². The number of aromatic nitrogens is 1. The number of pyridine rings is 1. The van der Waals surface area contributed by atoms with E-state index in [0.29, 0.717) is 63.8 Å². The molecule has 406 valence electrons. The second kappa shape index (κ2) is 22.9. The summed E-state index contributed by atoms with van der Waals surface area (Å²) in [5.41, 5.74) is -3.08. The summed E-state index contributed by atoms with van der Waals surface area (Å²) in [6.45, 7) is 2.87. The lowest BCUT2D eigenvalue weighted by Crippen LogP contribution is -2.54. The molecule has 0 bridgehead atoms. The average molecular weight is 1070 g/mol. The van der Waals surface area contributed by atoms with Gasteiger partial charge in [-0.05, 0) is 63.4 Å². The van der Waals surface area contributed by atoms with Crippen molar-refractivity contribution in [2.75, 3.05) is 0 Å². The van der Waals surface area contributed by atoms with Crippen LogP contribution in [-0.2, 0) is 47.9 Å². The standard InChI is InChI=1S/C62H56O8.C8H11NO/c63-59(45-26-9-1-10-27-45,46-28-11-2-12-29-46)53-54(60(64,47-30-13-3-14-31-47)48-32-15-4-16-33-48)68-57(67-53)42-25-43-58(44-57)69-55(61(65,49-34-17-5-18-35-49)50-36-19-6-20-37-50)56(70-58)62(66,51-38-21-7-22-39-51)52-40-23-8-24-41-52;1-2-6-9-7-4-3-5-8(9)10/h1-24,26-41,53-56,63-66H,25,42-44H2;3-5,7H,2,6H2,1H3/t53-,54-,55-,56-;/m1./s1. The molecule has 4 N–H and O–H groups in total. The van der Waals surface area contributed by atoms with Crippen molar-refractivity contribution in [3.8, 4) is 0 Å². The third kappa shape index (κ3) is 9.97. The van der Waals surface area contributed by atoms with Gasteiger partial charge in [-0.15, -0.1) is 0 Å². The molecule has 10 nitrogen and oxygen atoms in total. The van der Waals surface area contributed by atoms with Crippen molar-refractivity contribution in [3.05, 3.63) is 322 Å². The lowest BCUT2D eigenvalue weighted by Gasteiger charge is -2.43. The van der Waals surface area contributed by atoms with Crippen LogP contribution in [0.5, 0.6) is 0 Å². The molecule has 12 rings (SSSR count). The Kier molecular flexibility index (Phi) is 15.5. The Hall–Kier alpha value is -7.61. The van der Waals surface area contributed by atoms with Crippen molar-refractivity contribution in [1.29, 1.82) is 0 Å². The van der Waals surface area contributed by atoms with Gasteiger partial charge in [0.2, 0.25) is 5.56 Å². The Morgan fingerprint density at radius 2 is 0.600 bits per heavy atom. The van der Waals surface area contributed by atoms with E-state index in [1.807, 2.05) is 255 Å². The molecule has 3 fully saturated rings. The molecule has 0 amide bonds. The number of benzene rings is 8. The first kappa shape index (κ1) is 54.4. The summed E-state index contributed by atoms with van der Waals surface area (Å²) in [5.74, 6) is -3.12. The molecule has 3 heterocycles. The van der Waals surface area contributed by atoms with Crippen molar-refractivity contribution < 1.29 is 39.4 Å². The maximum atomic E-state index is 13.8. The lowest BCUT2D eigenvalue weighted by molar-refractivity contribution is -0.300. The molecule has 0 radical (unpaired) electrons. The van der Waals surface area contributed by atoms with Crippen LogP contribution in [0.1, 0.15) is 83.5 Å². The molecule has 2 spiro atoms. The molecule has 4 atom stereocenters. The summed E-state index contributed by atoms with van der Waals surface area (Å²) < 4.78 is 31.8. The van der Waals surface area contributed by atoms with Gasteiger partial charge in [-0.3, -0.25) is 4.79 Å². The highest BCUT2D eigenvalue weighted by atomic mass is 16.8. The van der Waals surface area contributed by atoms with E-state index in [-0.39, 0.29) is 12.0 Å². The zero-order chi connectivity index (χ0) is 55.3. The summed E-state index contributed by atoms with van der Waals surface area (Å²) >= 11 is 0. The summed E-state index contributed by atoms with van der Waals surface area (Å²) in [6, 6.07) is 80.3. The smallest absolute Gasteiger partial charge is 0.250 e. The highest BCUT2D eigenvalue weighted by Gasteiger charge is 2.70. The minimum absolute atomic E-state index is 0.0569. The second-order valence-electron chi connectivity index (χ2n) is 21.2. The van der Waals surface area contributed by atoms with Gasteiger partial charge in [-0.2, -0.15) is 0 Å². The van der Waals surface area contributed by atoms with E-state index < -0.39 is 58.4 Å². The molecular weight excluding hydrogens is 999 g/mol. The molecule has 1 aromatic heterocycles. The third-order valence-electron chi connectivity index (χ3n) is 16.3. The molecule has 80 heavy (non-hydrogen) atoms. The van der Waals surface area contributed by atoms with Crippen LogP contribution in [0.3, 0.4) is 0 Å². The summed E-state index contributed by atoms with van der Waals surface area (Å²) in [7, 11) is 0. The monoisotopic (exact) mass is 1070 g/mol. The van der Waals surface area contributed by atoms with Gasteiger partial charge >= 0.3 is 0 Å². The van der Waals surface area contributed by atoms with Crippen LogP contribution in [0.4, 0.5) is 0 Å². The molecule has 1 aliphatic carbocycles. The first-order valence-corrected chi connectivity index (χ1v) is 27.7. The van der Waals surface area contributed by atoms with Crippen molar-refractivity contribution in [1.82, 2.24) is 4.57 Å². The van der Waals surface area contributed by atoms with Gasteiger partial charge in [0, 0.05) is 31.6 Å². The predicted molar refractivity (Wildman–Crippen MR) is 308 cm³/mol. The first-order chi connectivity index (χ1) is 39.0. The van der Waals surface area contributed by atoms with Crippen LogP contribution in [0.15, 0.2) is 272 Å². The third-order valence-corrected chi connectivity index (χ3v) is 16.3. The van der Waals surface area contributed by atoms with E-state index in [9.17, 15) is 25.2 Å². The van der Waals surface area contributed by atoms with Gasteiger partial charge in [-0.25, -0.2) is 0 Å². The van der Waals surface area contributed by atoms with E-state index in [2.05, 4.69) is 6.92 Å². The number of rotatable bonds is 14. The molecule has 2 aliphatic heterocycles. The van der Waals surface area contributed by atoms with Crippen molar-refractivity contribution in [2.45, 2.75) is 104 Å². The number of ether oxygens (including phenoxy) is 4. The molecular formula is C70H67NO9. The minimum Gasteiger partial charge on any atom is -0.378 e. The number of aliphatic hydroxyl groups is 4. The molecule has 2 saturated heterocycles. The predicted octanol–water partition coefficient (Wildman–Crippen LogP) is 11.5. The van der Waals surface area contributed by atoms with Gasteiger partial charge in [0.15, 0.2) is 11.6 Å². The maximum Gasteiger partial charge on any atom is 0.250 e. The fourth-order valence-corrected chi connectivity index (χ4v) is 12.5. The summed E-state index contributed by atoms with van der Waals surface area (Å²) in [4.78, 5) is 11.0. The molecule has 10 heteroatoms. The largest absolute Gasteiger partial charge is 0.378 e. The van der Waals surface area contributed by atoms with Crippen LogP contribution < -0.4 is 5.56 Å². The van der Waals surface area contributed by atoms with Crippen LogP contribution in [0, 0.1) is 0 Å². The van der Waals surface area contributed by atoms with E-state index in [1.165, 1.54) is 0 Å². The topological polar surface area (TPSA) is 140 Å². The zero-order valence-electron chi connectivity index (χ0n) is 44.7. The lowest BCUT2D eigenvalue weighted by atomic mass is 9.72. The number of hydrogen-bond donors (Lipinski definition) is 4. The first-order valence-electron chi connectivity index (χ1n) is 27.7. The number of nitrogens with zero attached hydrogens (tertiary/aromatic N) is 1. The van der Waals surface area contributed by atoms with Crippen molar-refractivity contribution in [3.63, 3.8) is 0 Å². The molecule has 0 unspecified atom stereocenters. The summed E-state index contributed by atoms with van der Waals surface area (Å²) in [6.07, 6.45) is -1.10.